The van der Waals surface area contributed by atoms with Gasteiger partial charge in [-0.05, 0) is 17.7 Å². The third-order valence-electron chi connectivity index (χ3n) is 3.33. The first-order valence-electron chi connectivity index (χ1n) is 6.69. The van der Waals surface area contributed by atoms with E-state index in [-0.39, 0.29) is 18.7 Å². The van der Waals surface area contributed by atoms with Crippen molar-refractivity contribution in [1.82, 2.24) is 15.1 Å². The van der Waals surface area contributed by atoms with Crippen LogP contribution in [0.25, 0.3) is 0 Å². The van der Waals surface area contributed by atoms with E-state index >= 15 is 0 Å². The van der Waals surface area contributed by atoms with Crippen molar-refractivity contribution < 1.29 is 24.3 Å². The fourth-order valence-corrected chi connectivity index (χ4v) is 2.39. The molecule has 9 heteroatoms. The zero-order valence-corrected chi connectivity index (χ0v) is 12.9. The summed E-state index contributed by atoms with van der Waals surface area (Å²) < 4.78 is 0. The number of hydrogen-bond donors (Lipinski definition) is 2. The molecule has 0 aliphatic carbocycles. The maximum Gasteiger partial charge on any atom is 0.334 e. The van der Waals surface area contributed by atoms with Crippen LogP contribution in [0, 0.1) is 0 Å². The summed E-state index contributed by atoms with van der Waals surface area (Å²) >= 11 is 5.82. The van der Waals surface area contributed by atoms with Gasteiger partial charge in [-0.3, -0.25) is 9.69 Å². The highest BCUT2D eigenvalue weighted by Crippen LogP contribution is 2.19. The van der Waals surface area contributed by atoms with E-state index in [0.717, 1.165) is 9.80 Å². The number of nitrogens with zero attached hydrogens (tertiary/aromatic N) is 2. The van der Waals surface area contributed by atoms with Gasteiger partial charge in [-0.1, -0.05) is 23.7 Å². The van der Waals surface area contributed by atoms with E-state index < -0.39 is 30.0 Å². The second-order valence-electron chi connectivity index (χ2n) is 4.88. The second kappa shape index (κ2) is 6.66. The van der Waals surface area contributed by atoms with Gasteiger partial charge in [0.05, 0.1) is 6.54 Å². The number of carboxylic acids is 1. The van der Waals surface area contributed by atoms with Crippen LogP contribution in [-0.4, -0.2) is 51.9 Å². The minimum atomic E-state index is -1.36. The Labute approximate surface area is 136 Å². The van der Waals surface area contributed by atoms with Crippen LogP contribution in [0.5, 0.6) is 0 Å². The molecule has 1 heterocycles. The Morgan fingerprint density at radius 1 is 1.26 bits per heavy atom. The molecule has 1 saturated heterocycles. The van der Waals surface area contributed by atoms with E-state index in [9.17, 15) is 24.3 Å². The molecule has 1 aromatic carbocycles. The maximum atomic E-state index is 12.2. The Morgan fingerprint density at radius 3 is 2.43 bits per heavy atom. The molecule has 1 atom stereocenters. The Balaban J connectivity index is 2.15. The molecule has 8 nitrogen and oxygen atoms in total. The van der Waals surface area contributed by atoms with Gasteiger partial charge in [-0.15, -0.1) is 0 Å². The van der Waals surface area contributed by atoms with Crippen molar-refractivity contribution in [3.63, 3.8) is 0 Å². The van der Waals surface area contributed by atoms with Gasteiger partial charge in [0.15, 0.2) is 6.04 Å². The highest BCUT2D eigenvalue weighted by Gasteiger charge is 2.37. The number of imide groups is 2. The topological polar surface area (TPSA) is 107 Å². The predicted molar refractivity (Wildman–Crippen MR) is 79.8 cm³/mol. The molecule has 5 amide bonds. The number of hydrogen-bond acceptors (Lipinski definition) is 4. The first-order chi connectivity index (χ1) is 10.8. The number of rotatable bonds is 3. The maximum absolute atomic E-state index is 12.2. The number of amides is 5. The van der Waals surface area contributed by atoms with Crippen LogP contribution < -0.4 is 5.32 Å². The summed E-state index contributed by atoms with van der Waals surface area (Å²) in [5.74, 6) is -1.77. The van der Waals surface area contributed by atoms with Gasteiger partial charge >= 0.3 is 18.0 Å². The summed E-state index contributed by atoms with van der Waals surface area (Å²) in [5.41, 5.74) is 0.272. The standard InChI is InChI=1S/C14H14ClN3O5/c1-8(19)17-5-6-18(14(17)23)13(22)16-11(12(20)21)9-3-2-4-10(15)7-9/h2-4,7,11H,5-6H2,1H3,(H,16,22)(H,20,21). The molecule has 0 saturated carbocycles. The third-order valence-corrected chi connectivity index (χ3v) is 3.57. The molecule has 1 aliphatic heterocycles. The molecular formula is C14H14ClN3O5. The number of benzene rings is 1. The lowest BCUT2D eigenvalue weighted by molar-refractivity contribution is -0.139. The summed E-state index contributed by atoms with van der Waals surface area (Å²) in [6.45, 7) is 1.30. The van der Waals surface area contributed by atoms with E-state index in [1.54, 1.807) is 12.1 Å². The van der Waals surface area contributed by atoms with Crippen LogP contribution in [-0.2, 0) is 9.59 Å². The van der Waals surface area contributed by atoms with Crippen molar-refractivity contribution in [2.75, 3.05) is 13.1 Å². The van der Waals surface area contributed by atoms with E-state index in [1.807, 2.05) is 0 Å². The Hall–Kier alpha value is -2.61. The fraction of sp³-hybridized carbons (Fsp3) is 0.286. The number of halogens is 1. The molecule has 1 fully saturated rings. The molecule has 23 heavy (non-hydrogen) atoms. The molecule has 1 aromatic rings. The number of nitrogens with one attached hydrogen (secondary N) is 1. The number of urea groups is 2. The summed E-state index contributed by atoms with van der Waals surface area (Å²) in [6, 6.07) is 3.02. The average Bonchev–Trinajstić information content (AvgIpc) is 2.86. The second-order valence-corrected chi connectivity index (χ2v) is 5.32. The van der Waals surface area contributed by atoms with Gasteiger partial charge in [0, 0.05) is 18.5 Å². The molecule has 1 aliphatic rings. The van der Waals surface area contributed by atoms with Crippen molar-refractivity contribution in [1.29, 1.82) is 0 Å². The van der Waals surface area contributed by atoms with Crippen molar-refractivity contribution in [3.8, 4) is 0 Å². The first-order valence-corrected chi connectivity index (χ1v) is 7.07. The van der Waals surface area contributed by atoms with E-state index in [0.29, 0.717) is 5.02 Å². The predicted octanol–water partition coefficient (Wildman–Crippen LogP) is 1.46. The Kier molecular flexibility index (Phi) is 4.85. The highest BCUT2D eigenvalue weighted by atomic mass is 35.5. The molecule has 0 bridgehead atoms. The Morgan fingerprint density at radius 2 is 1.91 bits per heavy atom. The van der Waals surface area contributed by atoms with Crippen molar-refractivity contribution in [2.24, 2.45) is 0 Å². The van der Waals surface area contributed by atoms with Crippen LogP contribution in [0.1, 0.15) is 18.5 Å². The van der Waals surface area contributed by atoms with Crippen LogP contribution in [0.15, 0.2) is 24.3 Å². The molecule has 0 aromatic heterocycles. The lowest BCUT2D eigenvalue weighted by Gasteiger charge is -2.20. The number of carbonyl (C=O) groups excluding carboxylic acids is 3. The summed E-state index contributed by atoms with van der Waals surface area (Å²) in [7, 11) is 0. The van der Waals surface area contributed by atoms with Gasteiger partial charge in [-0.25, -0.2) is 19.3 Å². The van der Waals surface area contributed by atoms with Gasteiger partial charge < -0.3 is 10.4 Å². The summed E-state index contributed by atoms with van der Waals surface area (Å²) in [6.07, 6.45) is 0. The minimum Gasteiger partial charge on any atom is -0.479 e. The normalized spacial score (nSPS) is 15.5. The summed E-state index contributed by atoms with van der Waals surface area (Å²) in [5, 5.41) is 11.9. The molecule has 0 spiro atoms. The molecule has 0 radical (unpaired) electrons. The minimum absolute atomic E-state index is 0.00608. The van der Waals surface area contributed by atoms with E-state index in [2.05, 4.69) is 5.32 Å². The van der Waals surface area contributed by atoms with E-state index in [4.69, 9.17) is 11.6 Å². The van der Waals surface area contributed by atoms with Crippen molar-refractivity contribution >= 4 is 35.5 Å². The van der Waals surface area contributed by atoms with Gasteiger partial charge in [0.2, 0.25) is 5.91 Å². The van der Waals surface area contributed by atoms with E-state index in [1.165, 1.54) is 19.1 Å². The largest absolute Gasteiger partial charge is 0.479 e. The SMILES string of the molecule is CC(=O)N1CCN(C(=O)NC(C(=O)O)c2cccc(Cl)c2)C1=O. The molecule has 122 valence electrons. The third kappa shape index (κ3) is 3.59. The van der Waals surface area contributed by atoms with Crippen molar-refractivity contribution in [2.45, 2.75) is 13.0 Å². The monoisotopic (exact) mass is 339 g/mol. The van der Waals surface area contributed by atoms with Gasteiger partial charge in [-0.2, -0.15) is 0 Å². The summed E-state index contributed by atoms with van der Waals surface area (Å²) in [4.78, 5) is 48.4. The van der Waals surface area contributed by atoms with Gasteiger partial charge in [0.25, 0.3) is 0 Å². The lowest BCUT2D eigenvalue weighted by atomic mass is 10.1. The van der Waals surface area contributed by atoms with Crippen molar-refractivity contribution in [3.05, 3.63) is 34.9 Å². The van der Waals surface area contributed by atoms with Crippen LogP contribution in [0.4, 0.5) is 9.59 Å². The number of carboxylic acid groups (broad SMARTS) is 1. The highest BCUT2D eigenvalue weighted by molar-refractivity contribution is 6.30. The quantitative estimate of drug-likeness (QED) is 0.867. The molecule has 2 N–H and O–H groups in total. The Bertz CT molecular complexity index is 678. The lowest BCUT2D eigenvalue weighted by Crippen LogP contribution is -2.46. The molecule has 1 unspecified atom stereocenters. The smallest absolute Gasteiger partial charge is 0.334 e. The molecule has 2 rings (SSSR count). The van der Waals surface area contributed by atoms with Crippen LogP contribution in [0.2, 0.25) is 5.02 Å². The zero-order valence-electron chi connectivity index (χ0n) is 12.2. The average molecular weight is 340 g/mol. The molecular weight excluding hydrogens is 326 g/mol. The number of carbonyl (C=O) groups is 4. The fourth-order valence-electron chi connectivity index (χ4n) is 2.19. The number of aliphatic carboxylic acids is 1. The first kappa shape index (κ1) is 16.8. The zero-order chi connectivity index (χ0) is 17.1. The van der Waals surface area contributed by atoms with Crippen LogP contribution >= 0.6 is 11.6 Å². The van der Waals surface area contributed by atoms with Gasteiger partial charge in [0.1, 0.15) is 0 Å². The van der Waals surface area contributed by atoms with Crippen LogP contribution in [0.3, 0.4) is 0 Å².